The number of nitrogens with one attached hydrogen (secondary N) is 5. The third kappa shape index (κ3) is 17.2. The monoisotopic (exact) mass is 1360 g/mol. The van der Waals surface area contributed by atoms with Crippen LogP contribution in [0.25, 0.3) is 6.08 Å². The molecule has 0 radical (unpaired) electrons. The highest BCUT2D eigenvalue weighted by Crippen LogP contribution is 2.62. The van der Waals surface area contributed by atoms with Crippen LogP contribution in [0.4, 0.5) is 0 Å². The van der Waals surface area contributed by atoms with E-state index in [1.807, 2.05) is 11.4 Å². The normalized spacial score (nSPS) is 24.6. The highest BCUT2D eigenvalue weighted by atomic mass is 32.1. The Kier molecular flexibility index (Phi) is 24.3. The molecule has 1 aliphatic heterocycles. The topological polar surface area (TPSA) is 404 Å². The summed E-state index contributed by atoms with van der Waals surface area (Å²) in [7, 11) is 0. The number of benzene rings is 3. The predicted octanol–water partition coefficient (Wildman–Crippen LogP) is 3.67. The van der Waals surface area contributed by atoms with Crippen molar-refractivity contribution in [3.8, 4) is 0 Å². The molecule has 11 N–H and O–H groups in total. The van der Waals surface area contributed by atoms with Crippen LogP contribution in [0.1, 0.15) is 137 Å². The first kappa shape index (κ1) is 73.4. The number of ether oxygens (including phenoxy) is 5. The van der Waals surface area contributed by atoms with Gasteiger partial charge in [0.15, 0.2) is 11.9 Å². The molecule has 3 aromatic carbocycles. The number of amides is 7. The number of hydrogen-bond donors (Lipinski definition) is 9. The number of Topliss-reactive ketones (excluding diaryl/α,β-unsaturated/α-hetero) is 1. The van der Waals surface area contributed by atoms with Crippen molar-refractivity contribution in [1.82, 2.24) is 26.6 Å². The van der Waals surface area contributed by atoms with Crippen LogP contribution in [0.2, 0.25) is 0 Å². The van der Waals surface area contributed by atoms with Gasteiger partial charge in [0.25, 0.3) is 5.91 Å². The fourth-order valence-corrected chi connectivity index (χ4v) is 13.9. The van der Waals surface area contributed by atoms with Gasteiger partial charge >= 0.3 is 23.9 Å². The van der Waals surface area contributed by atoms with Gasteiger partial charge in [-0.25, -0.2) is 9.59 Å². The minimum atomic E-state index is -2.34. The molecule has 1 saturated heterocycles. The average Bonchev–Trinajstić information content (AvgIpc) is 0.715. The summed E-state index contributed by atoms with van der Waals surface area (Å²) in [5.41, 5.74) is 5.88. The van der Waals surface area contributed by atoms with Crippen molar-refractivity contribution in [1.29, 1.82) is 0 Å². The lowest BCUT2D eigenvalue weighted by molar-refractivity contribution is -0.277. The Bertz CT molecular complexity index is 3640. The minimum absolute atomic E-state index is 0.00546. The molecule has 2 bridgehead atoms. The molecule has 7 amide bonds. The molecule has 1 aromatic heterocycles. The van der Waals surface area contributed by atoms with Gasteiger partial charge in [0, 0.05) is 72.9 Å². The number of nitrogens with two attached hydrogens (primary N) is 2. The molecule has 4 aliphatic rings. The molecule has 2 heterocycles. The molecule has 8 rings (SSSR count). The number of unbranched alkanes of at least 4 members (excludes halogenated alkanes) is 1. The summed E-state index contributed by atoms with van der Waals surface area (Å²) in [4.78, 5) is 164. The van der Waals surface area contributed by atoms with Crippen molar-refractivity contribution in [3.05, 3.63) is 147 Å². The second kappa shape index (κ2) is 32.1. The number of esters is 4. The molecule has 3 unspecified atom stereocenters. The number of fused-ring (bicyclic) bond motifs is 5. The molecule has 2 saturated carbocycles. The van der Waals surface area contributed by atoms with Crippen LogP contribution in [0.5, 0.6) is 0 Å². The van der Waals surface area contributed by atoms with E-state index < -0.39 is 179 Å². The van der Waals surface area contributed by atoms with Gasteiger partial charge < -0.3 is 71.9 Å². The number of hydrogen-bond acceptors (Lipinski definition) is 20. The summed E-state index contributed by atoms with van der Waals surface area (Å²) in [5, 5.41) is 40.7. The molecule has 4 aromatic rings. The summed E-state index contributed by atoms with van der Waals surface area (Å²) in [5.74, 6) is -11.9. The fraction of sp³-hybridized carbons (Fsp3) is 0.457. The summed E-state index contributed by atoms with van der Waals surface area (Å²) in [6, 6.07) is 22.4. The van der Waals surface area contributed by atoms with Gasteiger partial charge in [0.05, 0.1) is 36.2 Å². The zero-order valence-corrected chi connectivity index (χ0v) is 55.5. The van der Waals surface area contributed by atoms with Gasteiger partial charge in [-0.15, -0.1) is 11.3 Å². The number of carbonyl (C=O) groups is 12. The van der Waals surface area contributed by atoms with Crippen LogP contribution in [-0.4, -0.2) is 155 Å². The summed E-state index contributed by atoms with van der Waals surface area (Å²) in [6.45, 7) is 8.74. The zero-order chi connectivity index (χ0) is 70.5. The zero-order valence-electron chi connectivity index (χ0n) is 54.7. The number of thiophene rings is 1. The first-order chi connectivity index (χ1) is 46.0. The lowest BCUT2D eigenvalue weighted by atomic mass is 9.46. The second-order valence-corrected chi connectivity index (χ2v) is 26.5. The Balaban J connectivity index is 0.963. The summed E-state index contributed by atoms with van der Waals surface area (Å²) < 4.78 is 30.8. The molecule has 14 atom stereocenters. The maximum Gasteiger partial charge on any atom is 0.350 e. The van der Waals surface area contributed by atoms with E-state index in [1.165, 1.54) is 62.4 Å². The van der Waals surface area contributed by atoms with Crippen molar-refractivity contribution in [2.45, 2.75) is 166 Å². The van der Waals surface area contributed by atoms with E-state index in [2.05, 4.69) is 26.6 Å². The lowest BCUT2D eigenvalue weighted by Crippen LogP contribution is -2.75. The predicted molar refractivity (Wildman–Crippen MR) is 349 cm³/mol. The number of aliphatic hydroxyl groups is 2. The smallest absolute Gasteiger partial charge is 0.350 e. The van der Waals surface area contributed by atoms with Crippen LogP contribution in [0.3, 0.4) is 0 Å². The Labute approximate surface area is 564 Å². The largest absolute Gasteiger partial charge is 0.455 e. The molecule has 26 nitrogen and oxygen atoms in total. The number of carbonyl (C=O) groups excluding carboxylic acids is 12. The van der Waals surface area contributed by atoms with Gasteiger partial charge in [0.1, 0.15) is 42.0 Å². The maximum absolute atomic E-state index is 15.6. The Morgan fingerprint density at radius 1 is 0.753 bits per heavy atom. The minimum Gasteiger partial charge on any atom is -0.455 e. The molecular formula is C70H83N7O19S. The van der Waals surface area contributed by atoms with E-state index in [1.54, 1.807) is 92.7 Å². The molecule has 0 spiro atoms. The molecule has 3 fully saturated rings. The molecule has 3 aliphatic carbocycles. The Morgan fingerprint density at radius 3 is 2.00 bits per heavy atom. The molecule has 518 valence electrons. The standard InChI is InChI=1S/C70H83N7O19S/c1-38-49(36-70(91)61(96-66(89)43-23-14-9-15-24-43)56-45-37-92-48(45)35-50(79)69(56,6)60(84)58(93-40(3)78)55(38)68(70,4)5)94-67(90)59(57(41-19-10-7-11-20-41)77-65(88)42-21-12-8-13-22-42)95-54(83)32-31-51(80)73-33-17-16-26-46(62(71)85)75-53(82)30-28-47(63(72)86)76-64(87)39(2)74-52(81)29-27-44-25-18-34-97-44/h7-15,18-25,27,29,34,39,45-50,56-59,61,79,91H,16-17,26,28,30-33,35-37H2,1-6H3,(H2,71,85)(H2,72,86)(H,73,80)(H,74,81)(H,75,82)(H,76,87)(H,77,88)/b29-27+/t39?,45-,46?,47+,48-,49+,50+,56?,57-,58-,59-,61+,69-,70-/m1/s1. The summed E-state index contributed by atoms with van der Waals surface area (Å²) >= 11 is 1.41. The number of ketones is 1. The summed E-state index contributed by atoms with van der Waals surface area (Å²) in [6.07, 6.45) is -8.11. The van der Waals surface area contributed by atoms with Crippen molar-refractivity contribution in [2.75, 3.05) is 13.2 Å². The first-order valence-corrected chi connectivity index (χ1v) is 32.9. The quantitative estimate of drug-likeness (QED) is 0.0123. The fourth-order valence-electron chi connectivity index (χ4n) is 13.3. The van der Waals surface area contributed by atoms with Crippen LogP contribution in [-0.2, 0) is 71.6 Å². The van der Waals surface area contributed by atoms with Crippen LogP contribution < -0.4 is 38.1 Å². The third-order valence-corrected chi connectivity index (χ3v) is 19.7. The highest BCUT2D eigenvalue weighted by molar-refractivity contribution is 7.10. The molecular weight excluding hydrogens is 1270 g/mol. The van der Waals surface area contributed by atoms with E-state index in [9.17, 15) is 58.2 Å². The Morgan fingerprint density at radius 2 is 1.39 bits per heavy atom. The lowest BCUT2D eigenvalue weighted by Gasteiger charge is -2.64. The van der Waals surface area contributed by atoms with Gasteiger partial charge in [-0.1, -0.05) is 86.6 Å². The van der Waals surface area contributed by atoms with Crippen LogP contribution >= 0.6 is 11.3 Å². The average molecular weight is 1360 g/mol. The Hall–Kier alpha value is -9.44. The third-order valence-electron chi connectivity index (χ3n) is 18.8. The number of rotatable bonds is 29. The maximum atomic E-state index is 15.6. The van der Waals surface area contributed by atoms with Gasteiger partial charge in [-0.05, 0) is 105 Å². The van der Waals surface area contributed by atoms with Crippen LogP contribution in [0.15, 0.2) is 126 Å². The van der Waals surface area contributed by atoms with Gasteiger partial charge in [0.2, 0.25) is 41.5 Å². The van der Waals surface area contributed by atoms with E-state index in [4.69, 9.17) is 35.2 Å². The highest BCUT2D eigenvalue weighted by Gasteiger charge is 2.73. The van der Waals surface area contributed by atoms with Crippen molar-refractivity contribution in [3.63, 3.8) is 0 Å². The SMILES string of the molecule is CC(=O)O[C@H]1C(=O)[C@@]2(C)C([C@@H]3CO[C@@H]3C[C@@H]2O)[C@H](OC(=O)c2ccccc2)[C@]2(O)C[C@H](OC(=O)[C@H](OC(=O)CCC(=O)NCCCCC(NC(=O)CC[C@H](NC(=O)C(C)NC(=O)/C=C/c3cccs3)C(N)=O)C(N)=O)[C@H](NC(=O)c3ccccc3)c3ccccc3)C(C)=C1C2(C)C. The first-order valence-electron chi connectivity index (χ1n) is 32.0. The van der Waals surface area contributed by atoms with Crippen molar-refractivity contribution >= 4 is 88.4 Å². The van der Waals surface area contributed by atoms with E-state index in [-0.39, 0.29) is 79.5 Å². The van der Waals surface area contributed by atoms with E-state index >= 15 is 9.59 Å². The van der Waals surface area contributed by atoms with Crippen LogP contribution in [0, 0.1) is 22.7 Å². The second-order valence-electron chi connectivity index (χ2n) is 25.5. The van der Waals surface area contributed by atoms with Gasteiger partial charge in [-0.3, -0.25) is 47.9 Å². The van der Waals surface area contributed by atoms with E-state index in [0.29, 0.717) is 0 Å². The molecule has 27 heteroatoms. The molecule has 97 heavy (non-hydrogen) atoms. The van der Waals surface area contributed by atoms with Crippen molar-refractivity contribution < 1.29 is 91.4 Å². The van der Waals surface area contributed by atoms with Crippen molar-refractivity contribution in [2.24, 2.45) is 34.1 Å². The van der Waals surface area contributed by atoms with Gasteiger partial charge in [-0.2, -0.15) is 0 Å². The number of primary amides is 2. The number of aliphatic hydroxyl groups excluding tert-OH is 1. The van der Waals surface area contributed by atoms with E-state index in [0.717, 1.165) is 11.8 Å².